The Hall–Kier alpha value is -1.10. The molecule has 0 aromatic heterocycles. The molecule has 0 bridgehead atoms. The maximum Gasteiger partial charge on any atom is 0.245 e. The van der Waals surface area contributed by atoms with Gasteiger partial charge in [-0.3, -0.25) is 9.59 Å². The van der Waals surface area contributed by atoms with E-state index in [4.69, 9.17) is 4.74 Å². The van der Waals surface area contributed by atoms with E-state index in [1.54, 1.807) is 4.90 Å². The van der Waals surface area contributed by atoms with Crippen LogP contribution in [0.1, 0.15) is 34.1 Å². The second kappa shape index (κ2) is 6.73. The van der Waals surface area contributed by atoms with Gasteiger partial charge in [-0.25, -0.2) is 0 Å². The van der Waals surface area contributed by atoms with Crippen LogP contribution in [0, 0.1) is 5.92 Å². The monoisotopic (exact) mass is 256 g/mol. The summed E-state index contributed by atoms with van der Waals surface area (Å²) >= 11 is 0. The number of rotatable bonds is 6. The molecule has 5 heteroatoms. The predicted octanol–water partition coefficient (Wildman–Crippen LogP) is 0.784. The zero-order valence-electron chi connectivity index (χ0n) is 11.7. The van der Waals surface area contributed by atoms with Crippen LogP contribution in [0.2, 0.25) is 0 Å². The van der Waals surface area contributed by atoms with Gasteiger partial charge in [0.05, 0.1) is 19.2 Å². The van der Waals surface area contributed by atoms with Gasteiger partial charge in [-0.2, -0.15) is 0 Å². The van der Waals surface area contributed by atoms with Crippen LogP contribution in [0.25, 0.3) is 0 Å². The molecule has 0 spiro atoms. The first kappa shape index (κ1) is 15.0. The zero-order valence-corrected chi connectivity index (χ0v) is 11.7. The summed E-state index contributed by atoms with van der Waals surface area (Å²) in [6, 6.07) is -0.410. The summed E-state index contributed by atoms with van der Waals surface area (Å²) in [5.41, 5.74) is 0. The molecule has 0 aromatic carbocycles. The molecule has 2 unspecified atom stereocenters. The average Bonchev–Trinajstić information content (AvgIpc) is 2.32. The van der Waals surface area contributed by atoms with Crippen LogP contribution in [0.3, 0.4) is 0 Å². The van der Waals surface area contributed by atoms with E-state index in [9.17, 15) is 9.59 Å². The molecule has 0 radical (unpaired) electrons. The van der Waals surface area contributed by atoms with Crippen molar-refractivity contribution in [3.8, 4) is 0 Å². The van der Waals surface area contributed by atoms with Gasteiger partial charge in [0, 0.05) is 6.61 Å². The molecule has 0 aliphatic carbocycles. The number of piperazine rings is 1. The molecule has 18 heavy (non-hydrogen) atoms. The summed E-state index contributed by atoms with van der Waals surface area (Å²) in [5.74, 6) is 0.197. The minimum absolute atomic E-state index is 0.00973. The normalized spacial score (nSPS) is 22.3. The van der Waals surface area contributed by atoms with Gasteiger partial charge in [0.2, 0.25) is 11.8 Å². The molecule has 0 saturated carbocycles. The van der Waals surface area contributed by atoms with Crippen LogP contribution in [-0.2, 0) is 14.3 Å². The predicted molar refractivity (Wildman–Crippen MR) is 69.1 cm³/mol. The lowest BCUT2D eigenvalue weighted by molar-refractivity contribution is -0.149. The third kappa shape index (κ3) is 3.45. The fourth-order valence-electron chi connectivity index (χ4n) is 2.17. The average molecular weight is 256 g/mol. The van der Waals surface area contributed by atoms with Crippen LogP contribution < -0.4 is 5.32 Å². The topological polar surface area (TPSA) is 58.6 Å². The van der Waals surface area contributed by atoms with Gasteiger partial charge in [0.25, 0.3) is 0 Å². The highest BCUT2D eigenvalue weighted by atomic mass is 16.5. The van der Waals surface area contributed by atoms with E-state index in [0.717, 1.165) is 0 Å². The minimum Gasteiger partial charge on any atom is -0.380 e. The second-order valence-corrected chi connectivity index (χ2v) is 4.97. The van der Waals surface area contributed by atoms with Gasteiger partial charge in [-0.05, 0) is 19.3 Å². The maximum absolute atomic E-state index is 12.3. The summed E-state index contributed by atoms with van der Waals surface area (Å²) < 4.78 is 5.44. The van der Waals surface area contributed by atoms with E-state index in [2.05, 4.69) is 5.32 Å². The number of carbonyl (C=O) groups is 2. The Morgan fingerprint density at radius 2 is 2.06 bits per heavy atom. The molecular weight excluding hydrogens is 232 g/mol. The first-order chi connectivity index (χ1) is 8.51. The summed E-state index contributed by atoms with van der Waals surface area (Å²) in [5, 5.41) is 2.72. The molecular formula is C13H24N2O3. The molecule has 1 N–H and O–H groups in total. The van der Waals surface area contributed by atoms with Crippen molar-refractivity contribution in [1.82, 2.24) is 10.2 Å². The van der Waals surface area contributed by atoms with Crippen LogP contribution in [0.5, 0.6) is 0 Å². The number of hydrogen-bond donors (Lipinski definition) is 1. The van der Waals surface area contributed by atoms with E-state index >= 15 is 0 Å². The molecule has 2 atom stereocenters. The van der Waals surface area contributed by atoms with Crippen molar-refractivity contribution >= 4 is 11.8 Å². The van der Waals surface area contributed by atoms with Gasteiger partial charge in [-0.1, -0.05) is 20.8 Å². The molecule has 1 aliphatic rings. The third-order valence-corrected chi connectivity index (χ3v) is 3.30. The van der Waals surface area contributed by atoms with E-state index in [0.29, 0.717) is 19.6 Å². The van der Waals surface area contributed by atoms with Crippen molar-refractivity contribution in [1.29, 1.82) is 0 Å². The van der Waals surface area contributed by atoms with Crippen molar-refractivity contribution < 1.29 is 14.3 Å². The largest absolute Gasteiger partial charge is 0.380 e. The third-order valence-electron chi connectivity index (χ3n) is 3.30. The first-order valence-corrected chi connectivity index (χ1v) is 6.68. The van der Waals surface area contributed by atoms with E-state index < -0.39 is 0 Å². The Balaban J connectivity index is 2.81. The Kier molecular flexibility index (Phi) is 5.59. The van der Waals surface area contributed by atoms with E-state index in [-0.39, 0.29) is 36.4 Å². The van der Waals surface area contributed by atoms with Gasteiger partial charge in [-0.15, -0.1) is 0 Å². The highest BCUT2D eigenvalue weighted by Crippen LogP contribution is 2.16. The SMILES string of the molecule is CCOCC(C(C)C)N1CC(=O)NC(CC)C1=O. The van der Waals surface area contributed by atoms with Crippen molar-refractivity contribution in [2.75, 3.05) is 19.8 Å². The second-order valence-electron chi connectivity index (χ2n) is 4.97. The van der Waals surface area contributed by atoms with Crippen LogP contribution >= 0.6 is 0 Å². The van der Waals surface area contributed by atoms with Gasteiger partial charge in [0.15, 0.2) is 0 Å². The number of nitrogens with one attached hydrogen (secondary N) is 1. The first-order valence-electron chi connectivity index (χ1n) is 6.68. The Morgan fingerprint density at radius 1 is 1.39 bits per heavy atom. The van der Waals surface area contributed by atoms with Crippen molar-refractivity contribution in [3.05, 3.63) is 0 Å². The van der Waals surface area contributed by atoms with Gasteiger partial charge in [0.1, 0.15) is 6.04 Å². The highest BCUT2D eigenvalue weighted by Gasteiger charge is 2.36. The van der Waals surface area contributed by atoms with Crippen LogP contribution in [0.15, 0.2) is 0 Å². The lowest BCUT2D eigenvalue weighted by Gasteiger charge is -2.39. The number of hydrogen-bond acceptors (Lipinski definition) is 3. The van der Waals surface area contributed by atoms with Crippen molar-refractivity contribution in [2.45, 2.75) is 46.2 Å². The Bertz CT molecular complexity index is 305. The molecule has 1 saturated heterocycles. The summed E-state index contributed by atoms with van der Waals surface area (Å²) in [6.07, 6.45) is 0.626. The smallest absolute Gasteiger partial charge is 0.245 e. The van der Waals surface area contributed by atoms with Gasteiger partial charge < -0.3 is 15.0 Å². The summed E-state index contributed by atoms with van der Waals surface area (Å²) in [6.45, 7) is 9.18. The fourth-order valence-corrected chi connectivity index (χ4v) is 2.17. The molecule has 0 aromatic rings. The Morgan fingerprint density at radius 3 is 2.56 bits per heavy atom. The molecule has 2 amide bonds. The van der Waals surface area contributed by atoms with E-state index in [1.807, 2.05) is 27.7 Å². The molecule has 1 rings (SSSR count). The Labute approximate surface area is 109 Å². The number of nitrogens with zero attached hydrogens (tertiary/aromatic N) is 1. The zero-order chi connectivity index (χ0) is 13.7. The number of amides is 2. The van der Waals surface area contributed by atoms with Crippen LogP contribution in [-0.4, -0.2) is 48.6 Å². The quantitative estimate of drug-likeness (QED) is 0.764. The maximum atomic E-state index is 12.3. The number of ether oxygens (including phenoxy) is 1. The summed E-state index contributed by atoms with van der Waals surface area (Å²) in [4.78, 5) is 25.6. The van der Waals surface area contributed by atoms with Crippen LogP contribution in [0.4, 0.5) is 0 Å². The highest BCUT2D eigenvalue weighted by molar-refractivity contribution is 5.95. The lowest BCUT2D eigenvalue weighted by atomic mass is 10.00. The van der Waals surface area contributed by atoms with E-state index in [1.165, 1.54) is 0 Å². The van der Waals surface area contributed by atoms with Crippen molar-refractivity contribution in [3.63, 3.8) is 0 Å². The molecule has 1 aliphatic heterocycles. The minimum atomic E-state index is -0.380. The standard InChI is InChI=1S/C13H24N2O3/c1-5-10-13(17)15(7-12(16)14-10)11(9(3)4)8-18-6-2/h9-11H,5-8H2,1-4H3,(H,14,16). The number of carbonyl (C=O) groups excluding carboxylic acids is 2. The van der Waals surface area contributed by atoms with Gasteiger partial charge >= 0.3 is 0 Å². The molecule has 5 nitrogen and oxygen atoms in total. The molecule has 1 fully saturated rings. The summed E-state index contributed by atoms with van der Waals surface area (Å²) in [7, 11) is 0. The molecule has 1 heterocycles. The molecule has 104 valence electrons. The fraction of sp³-hybridized carbons (Fsp3) is 0.846. The lowest BCUT2D eigenvalue weighted by Crippen LogP contribution is -2.62. The van der Waals surface area contributed by atoms with Crippen molar-refractivity contribution in [2.24, 2.45) is 5.92 Å².